The maximum Gasteiger partial charge on any atom is 0.271 e. The van der Waals surface area contributed by atoms with Crippen molar-refractivity contribution in [2.75, 3.05) is 0 Å². The summed E-state index contributed by atoms with van der Waals surface area (Å²) in [4.78, 5) is 18.8. The standard InChI is InChI=1S/C7H4BrN4O/c8-4-3-12-2-1-10-7(12)5(11-4)6(9)13/h1,3H,(H2,9,13). The molecule has 2 aromatic heterocycles. The highest BCUT2D eigenvalue weighted by atomic mass is 79.9. The van der Waals surface area contributed by atoms with Crippen molar-refractivity contribution in [2.24, 2.45) is 5.73 Å². The molecule has 1 amide bonds. The normalized spacial score (nSPS) is 10.5. The van der Waals surface area contributed by atoms with Crippen LogP contribution in [0.1, 0.15) is 10.5 Å². The molecule has 65 valence electrons. The molecule has 13 heavy (non-hydrogen) atoms. The lowest BCUT2D eigenvalue weighted by atomic mass is 10.4. The van der Waals surface area contributed by atoms with Gasteiger partial charge >= 0.3 is 0 Å². The van der Waals surface area contributed by atoms with Crippen molar-refractivity contribution >= 4 is 27.5 Å². The van der Waals surface area contributed by atoms with Crippen LogP contribution < -0.4 is 5.73 Å². The van der Waals surface area contributed by atoms with Gasteiger partial charge in [-0.05, 0) is 15.9 Å². The number of hydrogen-bond donors (Lipinski definition) is 1. The van der Waals surface area contributed by atoms with E-state index in [1.165, 1.54) is 6.20 Å². The molecule has 0 aliphatic heterocycles. The maximum atomic E-state index is 10.9. The third-order valence-electron chi connectivity index (χ3n) is 1.51. The number of nitrogens with zero attached hydrogens (tertiary/aromatic N) is 3. The molecule has 2 aromatic rings. The van der Waals surface area contributed by atoms with Gasteiger partial charge in [-0.3, -0.25) is 9.20 Å². The Balaban J connectivity index is 2.84. The molecule has 2 N–H and O–H groups in total. The Kier molecular flexibility index (Phi) is 1.77. The van der Waals surface area contributed by atoms with Gasteiger partial charge in [-0.25, -0.2) is 9.97 Å². The van der Waals surface area contributed by atoms with Crippen LogP contribution >= 0.6 is 15.9 Å². The highest BCUT2D eigenvalue weighted by Crippen LogP contribution is 2.11. The minimum absolute atomic E-state index is 0.135. The summed E-state index contributed by atoms with van der Waals surface area (Å²) in [5, 5.41) is 0. The quantitative estimate of drug-likeness (QED) is 0.783. The zero-order valence-corrected chi connectivity index (χ0v) is 7.95. The first kappa shape index (κ1) is 8.18. The van der Waals surface area contributed by atoms with Crippen LogP contribution in [0.2, 0.25) is 0 Å². The summed E-state index contributed by atoms with van der Waals surface area (Å²) in [5.74, 6) is -0.606. The molecule has 0 saturated carbocycles. The predicted octanol–water partition coefficient (Wildman–Crippen LogP) is 0.391. The van der Waals surface area contributed by atoms with Crippen LogP contribution in [-0.2, 0) is 0 Å². The number of hydrogen-bond acceptors (Lipinski definition) is 3. The van der Waals surface area contributed by atoms with Crippen LogP contribution in [-0.4, -0.2) is 20.3 Å². The van der Waals surface area contributed by atoms with E-state index in [1.54, 1.807) is 10.6 Å². The summed E-state index contributed by atoms with van der Waals surface area (Å²) in [5.41, 5.74) is 5.67. The van der Waals surface area contributed by atoms with Gasteiger partial charge in [0.15, 0.2) is 11.3 Å². The summed E-state index contributed by atoms with van der Waals surface area (Å²) in [6, 6.07) is 0. The Bertz CT molecular complexity index is 478. The van der Waals surface area contributed by atoms with Gasteiger partial charge in [0.05, 0.1) is 12.4 Å². The summed E-state index contributed by atoms with van der Waals surface area (Å²) < 4.78 is 2.07. The second-order valence-corrected chi connectivity index (χ2v) is 3.17. The van der Waals surface area contributed by atoms with E-state index in [2.05, 4.69) is 32.1 Å². The van der Waals surface area contributed by atoms with Crippen LogP contribution in [0.5, 0.6) is 0 Å². The number of primary amides is 1. The van der Waals surface area contributed by atoms with Crippen molar-refractivity contribution in [3.63, 3.8) is 0 Å². The highest BCUT2D eigenvalue weighted by Gasteiger charge is 2.10. The molecule has 1 radical (unpaired) electrons. The first-order chi connectivity index (χ1) is 6.18. The first-order valence-corrected chi connectivity index (χ1v) is 4.19. The smallest absolute Gasteiger partial charge is 0.271 e. The van der Waals surface area contributed by atoms with Crippen LogP contribution in [0, 0.1) is 6.20 Å². The van der Waals surface area contributed by atoms with Crippen molar-refractivity contribution in [1.29, 1.82) is 0 Å². The van der Waals surface area contributed by atoms with Gasteiger partial charge in [-0.15, -0.1) is 0 Å². The number of halogens is 1. The monoisotopic (exact) mass is 239 g/mol. The molecule has 0 bridgehead atoms. The molecule has 2 rings (SSSR count). The Morgan fingerprint density at radius 2 is 2.46 bits per heavy atom. The molecule has 0 unspecified atom stereocenters. The van der Waals surface area contributed by atoms with Crippen molar-refractivity contribution in [3.8, 4) is 0 Å². The van der Waals surface area contributed by atoms with Crippen molar-refractivity contribution in [2.45, 2.75) is 0 Å². The molecule has 0 saturated heterocycles. The lowest BCUT2D eigenvalue weighted by Gasteiger charge is -1.98. The third-order valence-corrected chi connectivity index (χ3v) is 1.89. The van der Waals surface area contributed by atoms with E-state index in [0.29, 0.717) is 10.3 Å². The van der Waals surface area contributed by atoms with E-state index >= 15 is 0 Å². The molecule has 5 nitrogen and oxygen atoms in total. The van der Waals surface area contributed by atoms with Gasteiger partial charge in [0, 0.05) is 6.20 Å². The van der Waals surface area contributed by atoms with E-state index in [4.69, 9.17) is 5.73 Å². The number of rotatable bonds is 1. The number of imidazole rings is 1. The summed E-state index contributed by atoms with van der Waals surface area (Å²) >= 11 is 3.15. The van der Waals surface area contributed by atoms with E-state index in [9.17, 15) is 4.79 Å². The summed E-state index contributed by atoms with van der Waals surface area (Å²) in [6.07, 6.45) is 5.89. The van der Waals surface area contributed by atoms with Crippen LogP contribution in [0.3, 0.4) is 0 Å². The fraction of sp³-hybridized carbons (Fsp3) is 0. The number of aromatic nitrogens is 3. The molecule has 0 aliphatic rings. The van der Waals surface area contributed by atoms with Gasteiger partial charge < -0.3 is 5.73 Å². The predicted molar refractivity (Wildman–Crippen MR) is 48.0 cm³/mol. The van der Waals surface area contributed by atoms with Crippen molar-refractivity contribution in [3.05, 3.63) is 28.9 Å². The Morgan fingerprint density at radius 1 is 1.69 bits per heavy atom. The number of amides is 1. The van der Waals surface area contributed by atoms with Crippen LogP contribution in [0.25, 0.3) is 5.65 Å². The molecule has 0 aromatic carbocycles. The molecule has 0 fully saturated rings. The Labute approximate surface area is 81.7 Å². The SMILES string of the molecule is NC(=O)c1nc(Br)cn2[c]cnc12. The topological polar surface area (TPSA) is 73.3 Å². The van der Waals surface area contributed by atoms with Crippen molar-refractivity contribution < 1.29 is 4.79 Å². The molecule has 0 aliphatic carbocycles. The fourth-order valence-corrected chi connectivity index (χ4v) is 1.39. The maximum absolute atomic E-state index is 10.9. The average molecular weight is 240 g/mol. The fourth-order valence-electron chi connectivity index (χ4n) is 1.01. The largest absolute Gasteiger partial charge is 0.364 e. The summed E-state index contributed by atoms with van der Waals surface area (Å²) in [7, 11) is 0. The van der Waals surface area contributed by atoms with E-state index in [-0.39, 0.29) is 5.69 Å². The molecular formula is C7H4BrN4O. The molecule has 0 spiro atoms. The zero-order valence-electron chi connectivity index (χ0n) is 6.36. The Hall–Kier alpha value is -1.43. The number of carbonyl (C=O) groups excluding carboxylic acids is 1. The molecular weight excluding hydrogens is 236 g/mol. The first-order valence-electron chi connectivity index (χ1n) is 3.39. The van der Waals surface area contributed by atoms with E-state index < -0.39 is 5.91 Å². The van der Waals surface area contributed by atoms with Gasteiger partial charge in [-0.2, -0.15) is 0 Å². The van der Waals surface area contributed by atoms with Gasteiger partial charge in [-0.1, -0.05) is 0 Å². The molecule has 0 atom stereocenters. The van der Waals surface area contributed by atoms with Crippen LogP contribution in [0.15, 0.2) is 17.0 Å². The van der Waals surface area contributed by atoms with E-state index in [1.807, 2.05) is 0 Å². The lowest BCUT2D eigenvalue weighted by molar-refractivity contribution is 0.0996. The zero-order chi connectivity index (χ0) is 9.42. The molecule has 2 heterocycles. The summed E-state index contributed by atoms with van der Waals surface area (Å²) in [6.45, 7) is 0. The molecule has 6 heteroatoms. The average Bonchev–Trinajstić information content (AvgIpc) is 2.49. The van der Waals surface area contributed by atoms with Gasteiger partial charge in [0.25, 0.3) is 5.91 Å². The third kappa shape index (κ3) is 1.29. The number of carbonyl (C=O) groups is 1. The Morgan fingerprint density at radius 3 is 3.15 bits per heavy atom. The minimum Gasteiger partial charge on any atom is -0.364 e. The minimum atomic E-state index is -0.606. The van der Waals surface area contributed by atoms with Gasteiger partial charge in [0.2, 0.25) is 0 Å². The lowest BCUT2D eigenvalue weighted by Crippen LogP contribution is -2.15. The number of nitrogens with two attached hydrogens (primary N) is 1. The highest BCUT2D eigenvalue weighted by molar-refractivity contribution is 9.10. The van der Waals surface area contributed by atoms with Gasteiger partial charge in [0.1, 0.15) is 4.60 Å². The second-order valence-electron chi connectivity index (χ2n) is 2.36. The van der Waals surface area contributed by atoms with E-state index in [0.717, 1.165) is 0 Å². The van der Waals surface area contributed by atoms with Crippen molar-refractivity contribution in [1.82, 2.24) is 14.4 Å². The second kappa shape index (κ2) is 2.81. The van der Waals surface area contributed by atoms with Crippen LogP contribution in [0.4, 0.5) is 0 Å². The number of fused-ring (bicyclic) bond motifs is 1.